The molecule has 3 aliphatic heterocycles. The molecule has 3 aliphatic rings. The Hall–Kier alpha value is -2.36. The third kappa shape index (κ3) is 44.3. The summed E-state index contributed by atoms with van der Waals surface area (Å²) >= 11 is 0. The molecule has 3 saturated heterocycles. The molecule has 538 valence electrons. The van der Waals surface area contributed by atoms with Crippen LogP contribution in [0.15, 0.2) is 97.2 Å². The zero-order valence-electron chi connectivity index (χ0n) is 63.0. The molecule has 5 atom stereocenters. The Balaban J connectivity index is 1.61. The number of rotatable bonds is 64. The van der Waals surface area contributed by atoms with Gasteiger partial charge in [0.2, 0.25) is 0 Å². The van der Waals surface area contributed by atoms with Gasteiger partial charge >= 0.3 is 0 Å². The van der Waals surface area contributed by atoms with Crippen LogP contribution in [-0.2, 0) is 18.9 Å². The monoisotopic (exact) mass is 1290 g/mol. The minimum Gasteiger partial charge on any atom is -0.344 e. The van der Waals surface area contributed by atoms with Crippen LogP contribution in [0.5, 0.6) is 0 Å². The maximum Gasteiger partial charge on any atom is 0.187 e. The van der Waals surface area contributed by atoms with Crippen molar-refractivity contribution >= 4 is 0 Å². The standard InChI is InChI=1S/C86H155N3O4/c1-9-13-17-21-25-29-33-37-41-45-49-53-57-61-65-69-81-82(70-66-62-58-54-50-46-42-38-34-30-26-22-18-14-10-2)91-85(90-81,73-75-87(5)6)74-76-88(7)77-80-78-89(8)79-86(80)92-83(71-67-63-59-55-51-47-43-39-35-31-27-23-19-15-11-3)84(93-86)72-68-64-60-56-52-48-44-40-36-32-28-24-20-16-12-4/h25-32,37-44,80-84H,9-24,33-36,45-79H2,1-8H3/b29-25-,30-26-,31-27-,32-28-,41-37-,42-38-,43-39-,44-40-. The van der Waals surface area contributed by atoms with E-state index < -0.39 is 11.6 Å². The van der Waals surface area contributed by atoms with E-state index in [2.05, 4.69) is 168 Å². The van der Waals surface area contributed by atoms with Gasteiger partial charge in [-0.1, -0.05) is 279 Å². The van der Waals surface area contributed by atoms with Crippen molar-refractivity contribution in [3.8, 4) is 0 Å². The summed E-state index contributed by atoms with van der Waals surface area (Å²) in [6.45, 7) is 13.8. The molecule has 0 N–H and O–H groups in total. The van der Waals surface area contributed by atoms with Gasteiger partial charge in [0.25, 0.3) is 0 Å². The largest absolute Gasteiger partial charge is 0.344 e. The second-order valence-corrected chi connectivity index (χ2v) is 29.4. The highest BCUT2D eigenvalue weighted by atomic mass is 16.8. The second kappa shape index (κ2) is 59.7. The highest BCUT2D eigenvalue weighted by molar-refractivity contribution is 5.00. The first-order valence-corrected chi connectivity index (χ1v) is 40.6. The number of unbranched alkanes of at least 4 members (excludes halogenated alkanes) is 32. The van der Waals surface area contributed by atoms with Gasteiger partial charge in [0, 0.05) is 44.9 Å². The summed E-state index contributed by atoms with van der Waals surface area (Å²) < 4.78 is 29.6. The number of likely N-dealkylation sites (tertiary alicyclic amines) is 1. The number of hydrogen-bond acceptors (Lipinski definition) is 7. The van der Waals surface area contributed by atoms with E-state index in [1.807, 2.05) is 0 Å². The number of allylic oxidation sites excluding steroid dienone is 16. The van der Waals surface area contributed by atoms with Crippen molar-refractivity contribution < 1.29 is 18.9 Å². The zero-order chi connectivity index (χ0) is 66.7. The fourth-order valence-corrected chi connectivity index (χ4v) is 14.2. The van der Waals surface area contributed by atoms with Crippen molar-refractivity contribution in [3.63, 3.8) is 0 Å². The Labute approximate surface area is 579 Å². The predicted octanol–water partition coefficient (Wildman–Crippen LogP) is 25.0. The molecule has 0 aromatic rings. The van der Waals surface area contributed by atoms with Crippen LogP contribution in [0.1, 0.15) is 349 Å². The smallest absolute Gasteiger partial charge is 0.187 e. The minimum atomic E-state index is -0.564. The molecule has 0 aromatic carbocycles. The lowest BCUT2D eigenvalue weighted by Gasteiger charge is -2.34. The lowest BCUT2D eigenvalue weighted by atomic mass is 9.99. The van der Waals surface area contributed by atoms with E-state index >= 15 is 0 Å². The quantitative estimate of drug-likeness (QED) is 0.0444. The van der Waals surface area contributed by atoms with Crippen LogP contribution in [-0.4, -0.2) is 112 Å². The lowest BCUT2D eigenvalue weighted by Crippen LogP contribution is -2.46. The molecule has 0 bridgehead atoms. The molecule has 0 radical (unpaired) electrons. The van der Waals surface area contributed by atoms with E-state index in [4.69, 9.17) is 18.9 Å². The van der Waals surface area contributed by atoms with Crippen molar-refractivity contribution in [2.45, 2.75) is 385 Å². The van der Waals surface area contributed by atoms with Gasteiger partial charge in [-0.3, -0.25) is 0 Å². The third-order valence-electron chi connectivity index (χ3n) is 20.0. The summed E-state index contributed by atoms with van der Waals surface area (Å²) in [7, 11) is 9.05. The van der Waals surface area contributed by atoms with Crippen molar-refractivity contribution in [1.29, 1.82) is 0 Å². The first kappa shape index (κ1) is 84.9. The molecular formula is C86H155N3O4. The van der Waals surface area contributed by atoms with Crippen molar-refractivity contribution in [1.82, 2.24) is 14.7 Å². The maximum absolute atomic E-state index is 7.42. The second-order valence-electron chi connectivity index (χ2n) is 29.4. The highest BCUT2D eigenvalue weighted by Gasteiger charge is 2.56. The molecule has 93 heavy (non-hydrogen) atoms. The molecule has 3 fully saturated rings. The molecule has 0 saturated carbocycles. The normalized spacial score (nSPS) is 22.5. The molecule has 3 rings (SSSR count). The average molecular weight is 1300 g/mol. The third-order valence-corrected chi connectivity index (χ3v) is 20.0. The van der Waals surface area contributed by atoms with Crippen molar-refractivity contribution in [2.75, 3.05) is 60.9 Å². The minimum absolute atomic E-state index is 0.168. The van der Waals surface area contributed by atoms with Crippen LogP contribution in [0, 0.1) is 5.92 Å². The van der Waals surface area contributed by atoms with Crippen molar-refractivity contribution in [2.24, 2.45) is 5.92 Å². The Morgan fingerprint density at radius 1 is 0.333 bits per heavy atom. The Morgan fingerprint density at radius 3 is 0.903 bits per heavy atom. The number of nitrogens with zero attached hydrogens (tertiary/aromatic N) is 3. The molecule has 3 heterocycles. The van der Waals surface area contributed by atoms with Crippen LogP contribution in [0.3, 0.4) is 0 Å². The Kier molecular flexibility index (Phi) is 54.5. The van der Waals surface area contributed by atoms with Crippen LogP contribution in [0.2, 0.25) is 0 Å². The number of likely N-dealkylation sites (N-methyl/N-ethyl adjacent to an activating group) is 1. The van der Waals surface area contributed by atoms with E-state index in [1.54, 1.807) is 0 Å². The summed E-state index contributed by atoms with van der Waals surface area (Å²) in [5.74, 6) is -0.824. The van der Waals surface area contributed by atoms with E-state index in [-0.39, 0.29) is 30.3 Å². The van der Waals surface area contributed by atoms with Crippen molar-refractivity contribution in [3.05, 3.63) is 97.2 Å². The lowest BCUT2D eigenvalue weighted by molar-refractivity contribution is -0.198. The number of ether oxygens (including phenoxy) is 4. The van der Waals surface area contributed by atoms with Gasteiger partial charge in [-0.15, -0.1) is 0 Å². The van der Waals surface area contributed by atoms with Crippen LogP contribution in [0.25, 0.3) is 0 Å². The average Bonchev–Trinajstić information content (AvgIpc) is 1.62. The number of hydrogen-bond donors (Lipinski definition) is 0. The van der Waals surface area contributed by atoms with E-state index in [9.17, 15) is 0 Å². The van der Waals surface area contributed by atoms with E-state index in [1.165, 1.54) is 257 Å². The van der Waals surface area contributed by atoms with Crippen LogP contribution in [0.4, 0.5) is 0 Å². The summed E-state index contributed by atoms with van der Waals surface area (Å²) in [5.41, 5.74) is 0. The maximum atomic E-state index is 7.42. The first-order valence-electron chi connectivity index (χ1n) is 40.6. The highest BCUT2D eigenvalue weighted by Crippen LogP contribution is 2.44. The molecule has 7 nitrogen and oxygen atoms in total. The summed E-state index contributed by atoms with van der Waals surface area (Å²) in [4.78, 5) is 7.40. The van der Waals surface area contributed by atoms with E-state index in [0.29, 0.717) is 0 Å². The Morgan fingerprint density at radius 2 is 0.602 bits per heavy atom. The SMILES string of the molecule is CCCCC/C=C\C/C=C\CCCCCCCC1OC(CCN(C)C)(CCN(C)CC2CN(C)CC23OC(CCCCCCC/C=C\C/C=C\CCCCC)C(CCCCCCC/C=C\C/C=C\CCCCC)O3)OC1CCCCCCC/C=C\C/C=C\CCCCC. The van der Waals surface area contributed by atoms with E-state index in [0.717, 1.165) is 96.9 Å². The topological polar surface area (TPSA) is 46.6 Å². The van der Waals surface area contributed by atoms with Gasteiger partial charge in [-0.05, 0) is 182 Å². The molecule has 7 heteroatoms. The van der Waals surface area contributed by atoms with Crippen LogP contribution < -0.4 is 0 Å². The van der Waals surface area contributed by atoms with Gasteiger partial charge in [-0.25, -0.2) is 0 Å². The molecule has 0 aromatic heterocycles. The summed E-state index contributed by atoms with van der Waals surface area (Å²) in [6.07, 6.45) is 101. The van der Waals surface area contributed by atoms with Gasteiger partial charge in [-0.2, -0.15) is 0 Å². The molecule has 5 unspecified atom stereocenters. The molecule has 0 amide bonds. The summed E-state index contributed by atoms with van der Waals surface area (Å²) in [6, 6.07) is 0. The Bertz CT molecular complexity index is 1810. The summed E-state index contributed by atoms with van der Waals surface area (Å²) in [5, 5.41) is 0. The predicted molar refractivity (Wildman–Crippen MR) is 409 cm³/mol. The fourth-order valence-electron chi connectivity index (χ4n) is 14.2. The molecule has 0 aliphatic carbocycles. The molecular weight excluding hydrogens is 1140 g/mol. The van der Waals surface area contributed by atoms with Gasteiger partial charge in [0.15, 0.2) is 11.6 Å². The van der Waals surface area contributed by atoms with Gasteiger partial charge in [0.05, 0.1) is 31.0 Å². The fraction of sp³-hybridized carbons (Fsp3) is 0.814. The van der Waals surface area contributed by atoms with Gasteiger partial charge < -0.3 is 33.6 Å². The molecule has 1 spiro atoms. The zero-order valence-corrected chi connectivity index (χ0v) is 63.0. The van der Waals surface area contributed by atoms with Gasteiger partial charge in [0.1, 0.15) is 0 Å². The first-order chi connectivity index (χ1) is 45.7. The van der Waals surface area contributed by atoms with Crippen LogP contribution >= 0.6 is 0 Å².